The number of thioether (sulfide) groups is 1. The van der Waals surface area contributed by atoms with Crippen molar-refractivity contribution in [3.05, 3.63) is 35.9 Å². The molecule has 2 aliphatic rings. The molecule has 0 bridgehead atoms. The molecule has 30 heavy (non-hydrogen) atoms. The van der Waals surface area contributed by atoms with Crippen molar-refractivity contribution in [1.82, 2.24) is 0 Å². The first-order valence-corrected chi connectivity index (χ1v) is 10.7. The smallest absolute Gasteiger partial charge is 0.187 e. The molecule has 2 saturated heterocycles. The number of ether oxygens (including phenoxy) is 3. The van der Waals surface area contributed by atoms with Crippen LogP contribution in [0.3, 0.4) is 0 Å². The van der Waals surface area contributed by atoms with Gasteiger partial charge in [0.25, 0.3) is 0 Å². The second kappa shape index (κ2) is 10.7. The zero-order valence-electron chi connectivity index (χ0n) is 16.0. The molecule has 0 spiro atoms. The van der Waals surface area contributed by atoms with E-state index in [1.165, 1.54) is 11.8 Å². The Morgan fingerprint density at radius 1 is 0.767 bits per heavy atom. The predicted octanol–water partition coefficient (Wildman–Crippen LogP) is -2.46. The van der Waals surface area contributed by atoms with Gasteiger partial charge in [0.1, 0.15) is 54.3 Å². The minimum Gasteiger partial charge on any atom is -0.394 e. The largest absolute Gasteiger partial charge is 0.394 e. The van der Waals surface area contributed by atoms with E-state index in [1.807, 2.05) is 30.3 Å². The molecule has 0 unspecified atom stereocenters. The molecule has 0 saturated carbocycles. The molecule has 2 fully saturated rings. The highest BCUT2D eigenvalue weighted by Gasteiger charge is 2.50. The summed E-state index contributed by atoms with van der Waals surface area (Å²) in [4.78, 5) is 0. The topological polar surface area (TPSA) is 169 Å². The van der Waals surface area contributed by atoms with Crippen LogP contribution in [0.25, 0.3) is 0 Å². The van der Waals surface area contributed by atoms with E-state index < -0.39 is 73.8 Å². The maximum Gasteiger partial charge on any atom is 0.187 e. The van der Waals surface area contributed by atoms with Gasteiger partial charge in [0, 0.05) is 5.75 Å². The van der Waals surface area contributed by atoms with Crippen LogP contribution in [0.5, 0.6) is 0 Å². The zero-order chi connectivity index (χ0) is 21.8. The maximum atomic E-state index is 10.6. The second-order valence-electron chi connectivity index (χ2n) is 7.30. The van der Waals surface area contributed by atoms with Crippen LogP contribution in [0.4, 0.5) is 0 Å². The summed E-state index contributed by atoms with van der Waals surface area (Å²) in [5.74, 6) is 0.506. The van der Waals surface area contributed by atoms with E-state index in [-0.39, 0.29) is 0 Å². The average molecular weight is 448 g/mol. The molecular weight excluding hydrogens is 420 g/mol. The fourth-order valence-electron chi connectivity index (χ4n) is 3.45. The normalized spacial score (nSPS) is 42.2. The highest BCUT2D eigenvalue weighted by molar-refractivity contribution is 7.99. The minimum absolute atomic E-state index is 0.506. The zero-order valence-corrected chi connectivity index (χ0v) is 16.9. The minimum atomic E-state index is -1.68. The maximum absolute atomic E-state index is 10.6. The van der Waals surface area contributed by atoms with Gasteiger partial charge in [0.15, 0.2) is 6.29 Å². The van der Waals surface area contributed by atoms with Crippen LogP contribution in [0, 0.1) is 0 Å². The van der Waals surface area contributed by atoms with Crippen molar-refractivity contribution in [1.29, 1.82) is 0 Å². The van der Waals surface area contributed by atoms with Gasteiger partial charge in [-0.15, -0.1) is 11.8 Å². The molecule has 0 radical (unpaired) electrons. The van der Waals surface area contributed by atoms with Crippen molar-refractivity contribution in [3.8, 4) is 0 Å². The van der Waals surface area contributed by atoms with Crippen molar-refractivity contribution in [3.63, 3.8) is 0 Å². The van der Waals surface area contributed by atoms with Crippen LogP contribution in [0.1, 0.15) is 5.56 Å². The molecule has 2 aliphatic heterocycles. The molecule has 11 heteroatoms. The van der Waals surface area contributed by atoms with Gasteiger partial charge in [-0.2, -0.15) is 0 Å². The lowest BCUT2D eigenvalue weighted by Crippen LogP contribution is -2.64. The SMILES string of the molecule is OC[C@H]1O[C@@H](O[C@H]2[C@H](O)[C@@H](O)[C@H](SCc3ccccc3)O[C@@H]2CO)[C@H](O)[C@@H](O)[C@H]1O. The predicted molar refractivity (Wildman–Crippen MR) is 104 cm³/mol. The van der Waals surface area contributed by atoms with Gasteiger partial charge in [-0.3, -0.25) is 0 Å². The van der Waals surface area contributed by atoms with E-state index >= 15 is 0 Å². The van der Waals surface area contributed by atoms with Gasteiger partial charge >= 0.3 is 0 Å². The number of hydrogen-bond donors (Lipinski definition) is 7. The Bertz CT molecular complexity index is 647. The van der Waals surface area contributed by atoms with Crippen LogP contribution in [-0.2, 0) is 20.0 Å². The Balaban J connectivity index is 1.66. The van der Waals surface area contributed by atoms with Crippen molar-refractivity contribution in [2.24, 2.45) is 0 Å². The van der Waals surface area contributed by atoms with Crippen LogP contribution < -0.4 is 0 Å². The number of benzene rings is 1. The summed E-state index contributed by atoms with van der Waals surface area (Å²) >= 11 is 1.25. The van der Waals surface area contributed by atoms with E-state index in [0.717, 1.165) is 5.56 Å². The third kappa shape index (κ3) is 5.14. The number of aliphatic hydroxyl groups is 7. The third-order valence-corrected chi connectivity index (χ3v) is 6.44. The number of rotatable bonds is 7. The van der Waals surface area contributed by atoms with Gasteiger partial charge in [0.05, 0.1) is 13.2 Å². The van der Waals surface area contributed by atoms with Gasteiger partial charge in [-0.25, -0.2) is 0 Å². The van der Waals surface area contributed by atoms with Crippen LogP contribution in [0.15, 0.2) is 30.3 Å². The van der Waals surface area contributed by atoms with Crippen LogP contribution >= 0.6 is 11.8 Å². The molecule has 10 atom stereocenters. The summed E-state index contributed by atoms with van der Waals surface area (Å²) < 4.78 is 16.5. The summed E-state index contributed by atoms with van der Waals surface area (Å²) in [6, 6.07) is 9.46. The molecule has 170 valence electrons. The lowest BCUT2D eigenvalue weighted by Gasteiger charge is -2.46. The summed E-state index contributed by atoms with van der Waals surface area (Å²) in [5.41, 5.74) is 0.153. The van der Waals surface area contributed by atoms with E-state index in [9.17, 15) is 35.7 Å². The first kappa shape index (κ1) is 23.8. The van der Waals surface area contributed by atoms with E-state index in [0.29, 0.717) is 5.75 Å². The van der Waals surface area contributed by atoms with Gasteiger partial charge in [-0.05, 0) is 5.56 Å². The lowest BCUT2D eigenvalue weighted by atomic mass is 9.97. The van der Waals surface area contributed by atoms with Crippen molar-refractivity contribution >= 4 is 11.8 Å². The Morgan fingerprint density at radius 2 is 1.43 bits per heavy atom. The molecule has 10 nitrogen and oxygen atoms in total. The van der Waals surface area contributed by atoms with E-state index in [2.05, 4.69) is 0 Å². The van der Waals surface area contributed by atoms with Crippen LogP contribution in [-0.4, -0.2) is 110 Å². The van der Waals surface area contributed by atoms with Crippen molar-refractivity contribution in [2.75, 3.05) is 13.2 Å². The van der Waals surface area contributed by atoms with E-state index in [1.54, 1.807) is 0 Å². The monoisotopic (exact) mass is 448 g/mol. The Labute approximate surface area is 177 Å². The van der Waals surface area contributed by atoms with Gasteiger partial charge in [-0.1, -0.05) is 30.3 Å². The molecule has 0 aliphatic carbocycles. The quantitative estimate of drug-likeness (QED) is 0.236. The fourth-order valence-corrected chi connectivity index (χ4v) is 4.57. The lowest BCUT2D eigenvalue weighted by molar-refractivity contribution is -0.338. The van der Waals surface area contributed by atoms with Gasteiger partial charge in [0.2, 0.25) is 0 Å². The van der Waals surface area contributed by atoms with Gasteiger partial charge < -0.3 is 50.0 Å². The second-order valence-corrected chi connectivity index (χ2v) is 8.39. The molecular formula is C19H28O10S. The van der Waals surface area contributed by atoms with Crippen LogP contribution in [0.2, 0.25) is 0 Å². The Morgan fingerprint density at radius 3 is 2.07 bits per heavy atom. The molecule has 0 aromatic heterocycles. The molecule has 7 N–H and O–H groups in total. The summed E-state index contributed by atoms with van der Waals surface area (Å²) in [5, 5.41) is 70.0. The van der Waals surface area contributed by atoms with Crippen molar-refractivity contribution in [2.45, 2.75) is 66.3 Å². The van der Waals surface area contributed by atoms with E-state index in [4.69, 9.17) is 14.2 Å². The summed E-state index contributed by atoms with van der Waals surface area (Å²) in [6.45, 7) is -1.19. The van der Waals surface area contributed by atoms with Crippen molar-refractivity contribution < 1.29 is 50.0 Å². The molecule has 0 amide bonds. The molecule has 2 heterocycles. The average Bonchev–Trinajstić information content (AvgIpc) is 2.77. The fraction of sp³-hybridized carbons (Fsp3) is 0.684. The first-order chi connectivity index (χ1) is 14.4. The molecule has 1 aromatic rings. The Kier molecular flexibility index (Phi) is 8.46. The highest BCUT2D eigenvalue weighted by atomic mass is 32.2. The number of hydrogen-bond acceptors (Lipinski definition) is 11. The summed E-state index contributed by atoms with van der Waals surface area (Å²) in [6.07, 6.45) is -12.8. The highest BCUT2D eigenvalue weighted by Crippen LogP contribution is 2.33. The Hall–Kier alpha value is -0.830. The first-order valence-electron chi connectivity index (χ1n) is 9.61. The number of aliphatic hydroxyl groups excluding tert-OH is 7. The third-order valence-electron chi connectivity index (χ3n) is 5.22. The summed E-state index contributed by atoms with van der Waals surface area (Å²) in [7, 11) is 0. The molecule has 1 aromatic carbocycles. The molecule has 3 rings (SSSR count). The standard InChI is InChI=1S/C19H28O10S/c20-6-10-12(22)13(23)15(25)18(27-10)29-17-11(7-21)28-19(16(26)14(17)24)30-8-9-4-2-1-3-5-9/h1-5,10-26H,6-8H2/t10-,11-,12+,13+,14-,15-,16-,17-,18+,19+/m1/s1.